The molecule has 0 aliphatic heterocycles. The molecular weight excluding hydrogens is 240 g/mol. The van der Waals surface area contributed by atoms with E-state index in [0.717, 1.165) is 18.4 Å². The first-order valence-electron chi connectivity index (χ1n) is 7.25. The first kappa shape index (κ1) is 14.3. The van der Waals surface area contributed by atoms with Crippen molar-refractivity contribution in [1.82, 2.24) is 15.5 Å². The number of rotatable bonds is 5. The average molecular weight is 266 g/mol. The lowest BCUT2D eigenvalue weighted by atomic mass is 9.98. The molecule has 2 unspecified atom stereocenters. The maximum atomic E-state index is 5.58. The molecule has 0 amide bonds. The minimum absolute atomic E-state index is 0.0569. The third-order valence-corrected chi connectivity index (χ3v) is 3.79. The molecule has 1 aliphatic rings. The van der Waals surface area contributed by atoms with Gasteiger partial charge in [-0.3, -0.25) is 0 Å². The van der Waals surface area contributed by atoms with E-state index in [2.05, 4.69) is 48.5 Å². The van der Waals surface area contributed by atoms with Crippen LogP contribution >= 0.6 is 0 Å². The summed E-state index contributed by atoms with van der Waals surface area (Å²) in [6.07, 6.45) is 4.00. The molecule has 0 saturated heterocycles. The lowest BCUT2D eigenvalue weighted by Crippen LogP contribution is -2.35. The van der Waals surface area contributed by atoms with Crippen molar-refractivity contribution in [3.8, 4) is 0 Å². The first-order valence-corrected chi connectivity index (χ1v) is 7.25. The van der Waals surface area contributed by atoms with Gasteiger partial charge in [0.05, 0.1) is 6.54 Å². The lowest BCUT2D eigenvalue weighted by Gasteiger charge is -2.18. The molecule has 1 aliphatic carbocycles. The van der Waals surface area contributed by atoms with Gasteiger partial charge >= 0.3 is 6.01 Å². The molecule has 5 heteroatoms. The summed E-state index contributed by atoms with van der Waals surface area (Å²) in [5.41, 5.74) is 0.0569. The van der Waals surface area contributed by atoms with E-state index in [9.17, 15) is 0 Å². The van der Waals surface area contributed by atoms with Crippen LogP contribution < -0.4 is 10.6 Å². The summed E-state index contributed by atoms with van der Waals surface area (Å²) in [5, 5.41) is 14.7. The van der Waals surface area contributed by atoms with Gasteiger partial charge in [-0.15, -0.1) is 5.10 Å². The number of nitrogens with zero attached hydrogens (tertiary/aromatic N) is 2. The Kier molecular flexibility index (Phi) is 4.45. The minimum Gasteiger partial charge on any atom is -0.407 e. The van der Waals surface area contributed by atoms with Crippen LogP contribution in [0.4, 0.5) is 6.01 Å². The summed E-state index contributed by atoms with van der Waals surface area (Å²) in [4.78, 5) is 0. The van der Waals surface area contributed by atoms with Gasteiger partial charge in [-0.05, 0) is 39.0 Å². The molecule has 0 aromatic carbocycles. The van der Waals surface area contributed by atoms with Crippen molar-refractivity contribution in [2.24, 2.45) is 11.8 Å². The molecule has 1 saturated carbocycles. The van der Waals surface area contributed by atoms with Gasteiger partial charge < -0.3 is 15.1 Å². The van der Waals surface area contributed by atoms with Gasteiger partial charge in [0.2, 0.25) is 5.89 Å². The number of nitrogens with one attached hydrogen (secondary N) is 2. The van der Waals surface area contributed by atoms with E-state index < -0.39 is 0 Å². The summed E-state index contributed by atoms with van der Waals surface area (Å²) in [6, 6.07) is 0.546. The summed E-state index contributed by atoms with van der Waals surface area (Å²) < 4.78 is 5.58. The summed E-state index contributed by atoms with van der Waals surface area (Å²) in [5.74, 6) is 2.18. The van der Waals surface area contributed by atoms with Crippen LogP contribution in [-0.2, 0) is 6.54 Å². The number of hydrogen-bond donors (Lipinski definition) is 2. The Balaban J connectivity index is 1.77. The normalized spacial score (nSPS) is 23.8. The topological polar surface area (TPSA) is 63.0 Å². The SMILES string of the molecule is CC1CCCC1CNc1nnc(CNC(C)(C)C)o1. The Hall–Kier alpha value is -1.10. The van der Waals surface area contributed by atoms with Crippen LogP contribution in [0.25, 0.3) is 0 Å². The van der Waals surface area contributed by atoms with E-state index in [4.69, 9.17) is 4.42 Å². The Bertz CT molecular complexity index is 396. The highest BCUT2D eigenvalue weighted by molar-refractivity contribution is 5.17. The van der Waals surface area contributed by atoms with Gasteiger partial charge in [0.1, 0.15) is 0 Å². The fourth-order valence-corrected chi connectivity index (χ4v) is 2.48. The van der Waals surface area contributed by atoms with Crippen molar-refractivity contribution >= 4 is 6.01 Å². The third-order valence-electron chi connectivity index (χ3n) is 3.79. The predicted octanol–water partition coefficient (Wildman–Crippen LogP) is 2.81. The van der Waals surface area contributed by atoms with E-state index in [1.54, 1.807) is 0 Å². The number of hydrogen-bond acceptors (Lipinski definition) is 5. The largest absolute Gasteiger partial charge is 0.407 e. The summed E-state index contributed by atoms with van der Waals surface area (Å²) >= 11 is 0. The zero-order valence-electron chi connectivity index (χ0n) is 12.5. The molecule has 1 aromatic rings. The van der Waals surface area contributed by atoms with E-state index in [1.165, 1.54) is 19.3 Å². The molecule has 1 aromatic heterocycles. The minimum atomic E-state index is 0.0569. The smallest absolute Gasteiger partial charge is 0.315 e. The van der Waals surface area contributed by atoms with Crippen molar-refractivity contribution in [3.05, 3.63) is 5.89 Å². The molecule has 108 valence electrons. The monoisotopic (exact) mass is 266 g/mol. The van der Waals surface area contributed by atoms with Crippen LogP contribution in [0, 0.1) is 11.8 Å². The van der Waals surface area contributed by atoms with Crippen molar-refractivity contribution in [3.63, 3.8) is 0 Å². The van der Waals surface area contributed by atoms with Gasteiger partial charge in [0, 0.05) is 12.1 Å². The average Bonchev–Trinajstić information content (AvgIpc) is 2.92. The molecular formula is C14H26N4O. The molecule has 0 spiro atoms. The fourth-order valence-electron chi connectivity index (χ4n) is 2.48. The molecule has 0 bridgehead atoms. The Morgan fingerprint density at radius 1 is 1.26 bits per heavy atom. The van der Waals surface area contributed by atoms with Crippen LogP contribution in [0.5, 0.6) is 0 Å². The van der Waals surface area contributed by atoms with E-state index in [0.29, 0.717) is 18.5 Å². The van der Waals surface area contributed by atoms with Crippen molar-refractivity contribution in [1.29, 1.82) is 0 Å². The van der Waals surface area contributed by atoms with Crippen molar-refractivity contribution < 1.29 is 4.42 Å². The highest BCUT2D eigenvalue weighted by Gasteiger charge is 2.23. The highest BCUT2D eigenvalue weighted by Crippen LogP contribution is 2.31. The molecule has 1 fully saturated rings. The van der Waals surface area contributed by atoms with Crippen LogP contribution in [0.15, 0.2) is 4.42 Å². The van der Waals surface area contributed by atoms with Gasteiger partial charge in [-0.25, -0.2) is 0 Å². The fraction of sp³-hybridized carbons (Fsp3) is 0.857. The summed E-state index contributed by atoms with van der Waals surface area (Å²) in [7, 11) is 0. The first-order chi connectivity index (χ1) is 8.94. The molecule has 0 radical (unpaired) electrons. The Morgan fingerprint density at radius 3 is 2.68 bits per heavy atom. The lowest BCUT2D eigenvalue weighted by molar-refractivity contribution is 0.381. The predicted molar refractivity (Wildman–Crippen MR) is 75.9 cm³/mol. The zero-order chi connectivity index (χ0) is 13.9. The maximum absolute atomic E-state index is 5.58. The third kappa shape index (κ3) is 4.49. The quantitative estimate of drug-likeness (QED) is 0.858. The molecule has 5 nitrogen and oxygen atoms in total. The number of aromatic nitrogens is 2. The standard InChI is InChI=1S/C14H26N4O/c1-10-6-5-7-11(10)8-15-13-18-17-12(19-13)9-16-14(2,3)4/h10-11,16H,5-9H2,1-4H3,(H,15,18). The van der Waals surface area contributed by atoms with Gasteiger partial charge in [-0.1, -0.05) is 24.9 Å². The second kappa shape index (κ2) is 5.90. The van der Waals surface area contributed by atoms with Gasteiger partial charge in [-0.2, -0.15) is 0 Å². The molecule has 19 heavy (non-hydrogen) atoms. The summed E-state index contributed by atoms with van der Waals surface area (Å²) in [6.45, 7) is 10.2. The molecule has 2 N–H and O–H groups in total. The van der Waals surface area contributed by atoms with Gasteiger partial charge in [0.25, 0.3) is 0 Å². The Labute approximate surface area is 115 Å². The van der Waals surface area contributed by atoms with E-state index in [-0.39, 0.29) is 5.54 Å². The second-order valence-electron chi connectivity index (χ2n) is 6.65. The molecule has 2 atom stereocenters. The van der Waals surface area contributed by atoms with E-state index in [1.807, 2.05) is 0 Å². The van der Waals surface area contributed by atoms with Gasteiger partial charge in [0.15, 0.2) is 0 Å². The molecule has 1 heterocycles. The maximum Gasteiger partial charge on any atom is 0.315 e. The van der Waals surface area contributed by atoms with Crippen LogP contribution in [0.3, 0.4) is 0 Å². The second-order valence-corrected chi connectivity index (χ2v) is 6.65. The van der Waals surface area contributed by atoms with Crippen LogP contribution in [-0.4, -0.2) is 22.3 Å². The molecule has 2 rings (SSSR count). The highest BCUT2D eigenvalue weighted by atomic mass is 16.4. The number of anilines is 1. The Morgan fingerprint density at radius 2 is 2.05 bits per heavy atom. The zero-order valence-corrected chi connectivity index (χ0v) is 12.5. The van der Waals surface area contributed by atoms with Crippen LogP contribution in [0.2, 0.25) is 0 Å². The van der Waals surface area contributed by atoms with Crippen LogP contribution in [0.1, 0.15) is 52.8 Å². The van der Waals surface area contributed by atoms with E-state index >= 15 is 0 Å². The van der Waals surface area contributed by atoms with Crippen molar-refractivity contribution in [2.75, 3.05) is 11.9 Å². The van der Waals surface area contributed by atoms with Crippen molar-refractivity contribution in [2.45, 2.75) is 59.0 Å².